The van der Waals surface area contributed by atoms with Gasteiger partial charge in [0, 0.05) is 11.1 Å². The number of halogens is 2. The number of carbonyl (C=O) groups is 1. The maximum absolute atomic E-state index is 13.6. The Bertz CT molecular complexity index is 827. The SMILES string of the molecule is Cc1sc(-c2ccn[nH]2)cc1NC(=O)c1cc(F)ccc1F. The fraction of sp³-hybridized carbons (Fsp3) is 0.0667. The minimum atomic E-state index is -0.763. The largest absolute Gasteiger partial charge is 0.321 e. The van der Waals surface area contributed by atoms with Gasteiger partial charge >= 0.3 is 0 Å². The Hall–Kier alpha value is -2.54. The zero-order valence-corrected chi connectivity index (χ0v) is 12.3. The molecule has 0 aliphatic rings. The van der Waals surface area contributed by atoms with Crippen LogP contribution in [-0.4, -0.2) is 16.1 Å². The fourth-order valence-corrected chi connectivity index (χ4v) is 2.94. The Kier molecular flexibility index (Phi) is 3.72. The summed E-state index contributed by atoms with van der Waals surface area (Å²) in [6, 6.07) is 6.35. The summed E-state index contributed by atoms with van der Waals surface area (Å²) in [6.45, 7) is 1.84. The van der Waals surface area contributed by atoms with E-state index in [0.29, 0.717) is 5.69 Å². The minimum absolute atomic E-state index is 0.325. The molecule has 0 fully saturated rings. The fourth-order valence-electron chi connectivity index (χ4n) is 1.99. The highest BCUT2D eigenvalue weighted by atomic mass is 32.1. The Morgan fingerprint density at radius 3 is 2.82 bits per heavy atom. The molecule has 0 bridgehead atoms. The molecule has 2 heterocycles. The van der Waals surface area contributed by atoms with E-state index < -0.39 is 17.5 Å². The van der Waals surface area contributed by atoms with E-state index in [1.165, 1.54) is 11.3 Å². The molecule has 1 aromatic carbocycles. The Labute approximate surface area is 128 Å². The molecule has 0 radical (unpaired) electrons. The van der Waals surface area contributed by atoms with Gasteiger partial charge in [0.05, 0.1) is 21.8 Å². The number of H-pyrrole nitrogens is 1. The van der Waals surface area contributed by atoms with Crippen LogP contribution >= 0.6 is 11.3 Å². The molecule has 22 heavy (non-hydrogen) atoms. The number of nitrogens with zero attached hydrogens (tertiary/aromatic N) is 1. The van der Waals surface area contributed by atoms with Gasteiger partial charge in [-0.15, -0.1) is 11.3 Å². The standard InChI is InChI=1S/C15H11F2N3OS/c1-8-13(7-14(22-8)12-4-5-18-20-12)19-15(21)10-6-9(16)2-3-11(10)17/h2-7H,1H3,(H,18,20)(H,19,21). The summed E-state index contributed by atoms with van der Waals surface area (Å²) in [5, 5.41) is 9.31. The van der Waals surface area contributed by atoms with E-state index in [-0.39, 0.29) is 5.56 Å². The van der Waals surface area contributed by atoms with Crippen molar-refractivity contribution in [3.63, 3.8) is 0 Å². The van der Waals surface area contributed by atoms with Gasteiger partial charge in [-0.05, 0) is 37.3 Å². The first kappa shape index (κ1) is 14.4. The van der Waals surface area contributed by atoms with Crippen LogP contribution in [-0.2, 0) is 0 Å². The van der Waals surface area contributed by atoms with E-state index in [2.05, 4.69) is 15.5 Å². The molecule has 3 aromatic rings. The van der Waals surface area contributed by atoms with Gasteiger partial charge in [0.15, 0.2) is 0 Å². The van der Waals surface area contributed by atoms with E-state index in [4.69, 9.17) is 0 Å². The third kappa shape index (κ3) is 2.75. The van der Waals surface area contributed by atoms with Gasteiger partial charge in [-0.1, -0.05) is 0 Å². The van der Waals surface area contributed by atoms with Crippen molar-refractivity contribution in [2.45, 2.75) is 6.92 Å². The number of anilines is 1. The van der Waals surface area contributed by atoms with E-state index in [0.717, 1.165) is 33.6 Å². The van der Waals surface area contributed by atoms with Crippen LogP contribution in [0.4, 0.5) is 14.5 Å². The lowest BCUT2D eigenvalue weighted by Crippen LogP contribution is -2.14. The molecule has 0 aliphatic heterocycles. The van der Waals surface area contributed by atoms with Gasteiger partial charge in [-0.25, -0.2) is 8.78 Å². The summed E-state index contributed by atoms with van der Waals surface area (Å²) in [4.78, 5) is 13.9. The number of aromatic amines is 1. The normalized spacial score (nSPS) is 10.7. The summed E-state index contributed by atoms with van der Waals surface area (Å²) >= 11 is 1.46. The lowest BCUT2D eigenvalue weighted by molar-refractivity contribution is 0.102. The van der Waals surface area contributed by atoms with Gasteiger partial charge < -0.3 is 5.32 Å². The third-order valence-electron chi connectivity index (χ3n) is 3.11. The number of hydrogen-bond donors (Lipinski definition) is 2. The topological polar surface area (TPSA) is 57.8 Å². The summed E-state index contributed by atoms with van der Waals surface area (Å²) in [7, 11) is 0. The molecular weight excluding hydrogens is 308 g/mol. The molecule has 0 atom stereocenters. The van der Waals surface area contributed by atoms with Gasteiger partial charge in [-0.3, -0.25) is 9.89 Å². The van der Waals surface area contributed by atoms with Crippen molar-refractivity contribution in [3.05, 3.63) is 58.6 Å². The van der Waals surface area contributed by atoms with Gasteiger partial charge in [0.25, 0.3) is 5.91 Å². The molecule has 0 spiro atoms. The number of benzene rings is 1. The Morgan fingerprint density at radius 2 is 2.09 bits per heavy atom. The highest BCUT2D eigenvalue weighted by Gasteiger charge is 2.16. The van der Waals surface area contributed by atoms with Crippen LogP contribution in [0.5, 0.6) is 0 Å². The number of amides is 1. The van der Waals surface area contributed by atoms with Crippen molar-refractivity contribution in [2.75, 3.05) is 5.32 Å². The van der Waals surface area contributed by atoms with Crippen molar-refractivity contribution in [3.8, 4) is 10.6 Å². The predicted octanol–water partition coefficient (Wildman–Crippen LogP) is 3.98. The summed E-state index contributed by atoms with van der Waals surface area (Å²) in [6.07, 6.45) is 1.63. The van der Waals surface area contributed by atoms with Crippen molar-refractivity contribution in [1.29, 1.82) is 0 Å². The van der Waals surface area contributed by atoms with E-state index in [9.17, 15) is 13.6 Å². The molecule has 3 rings (SSSR count). The molecule has 4 nitrogen and oxygen atoms in total. The molecule has 7 heteroatoms. The first-order valence-corrected chi connectivity index (χ1v) is 7.23. The lowest BCUT2D eigenvalue weighted by Gasteiger charge is -2.05. The highest BCUT2D eigenvalue weighted by molar-refractivity contribution is 7.16. The average molecular weight is 319 g/mol. The van der Waals surface area contributed by atoms with E-state index in [1.807, 2.05) is 13.0 Å². The van der Waals surface area contributed by atoms with Crippen LogP contribution in [0.15, 0.2) is 36.5 Å². The van der Waals surface area contributed by atoms with Crippen LogP contribution in [0.2, 0.25) is 0 Å². The molecule has 2 N–H and O–H groups in total. The molecule has 0 unspecified atom stereocenters. The molecule has 2 aromatic heterocycles. The maximum atomic E-state index is 13.6. The number of rotatable bonds is 3. The second-order valence-electron chi connectivity index (χ2n) is 4.63. The molecule has 112 valence electrons. The first-order chi connectivity index (χ1) is 10.5. The number of carbonyl (C=O) groups excluding carboxylic acids is 1. The van der Waals surface area contributed by atoms with Crippen molar-refractivity contribution in [2.24, 2.45) is 0 Å². The van der Waals surface area contributed by atoms with Crippen molar-refractivity contribution >= 4 is 22.9 Å². The molecular formula is C15H11F2N3OS. The van der Waals surface area contributed by atoms with E-state index >= 15 is 0 Å². The van der Waals surface area contributed by atoms with Crippen LogP contribution in [0.25, 0.3) is 10.6 Å². The average Bonchev–Trinajstić information content (AvgIpc) is 3.12. The predicted molar refractivity (Wildman–Crippen MR) is 80.9 cm³/mol. The molecule has 1 amide bonds. The lowest BCUT2D eigenvalue weighted by atomic mass is 10.2. The van der Waals surface area contributed by atoms with Crippen LogP contribution in [0.1, 0.15) is 15.2 Å². The zero-order chi connectivity index (χ0) is 15.7. The number of hydrogen-bond acceptors (Lipinski definition) is 3. The van der Waals surface area contributed by atoms with E-state index in [1.54, 1.807) is 12.3 Å². The van der Waals surface area contributed by atoms with Crippen LogP contribution < -0.4 is 5.32 Å². The molecule has 0 aliphatic carbocycles. The smallest absolute Gasteiger partial charge is 0.258 e. The monoisotopic (exact) mass is 319 g/mol. The quantitative estimate of drug-likeness (QED) is 0.767. The van der Waals surface area contributed by atoms with Crippen molar-refractivity contribution in [1.82, 2.24) is 10.2 Å². The molecule has 0 saturated carbocycles. The number of nitrogens with one attached hydrogen (secondary N) is 2. The first-order valence-electron chi connectivity index (χ1n) is 6.41. The second kappa shape index (κ2) is 5.69. The highest BCUT2D eigenvalue weighted by Crippen LogP contribution is 2.33. The number of thiophene rings is 1. The third-order valence-corrected chi connectivity index (χ3v) is 4.19. The minimum Gasteiger partial charge on any atom is -0.321 e. The Morgan fingerprint density at radius 1 is 1.27 bits per heavy atom. The van der Waals surface area contributed by atoms with Gasteiger partial charge in [0.2, 0.25) is 0 Å². The summed E-state index contributed by atoms with van der Waals surface area (Å²) in [5.74, 6) is -2.11. The van der Waals surface area contributed by atoms with Gasteiger partial charge in [0.1, 0.15) is 11.6 Å². The number of aryl methyl sites for hydroxylation is 1. The number of aromatic nitrogens is 2. The van der Waals surface area contributed by atoms with Crippen molar-refractivity contribution < 1.29 is 13.6 Å². The summed E-state index contributed by atoms with van der Waals surface area (Å²) < 4.78 is 26.8. The zero-order valence-electron chi connectivity index (χ0n) is 11.5. The maximum Gasteiger partial charge on any atom is 0.258 e. The Balaban J connectivity index is 1.87. The van der Waals surface area contributed by atoms with Crippen LogP contribution in [0, 0.1) is 18.6 Å². The van der Waals surface area contributed by atoms with Gasteiger partial charge in [-0.2, -0.15) is 5.10 Å². The molecule has 0 saturated heterocycles. The van der Waals surface area contributed by atoms with Crippen LogP contribution in [0.3, 0.4) is 0 Å². The summed E-state index contributed by atoms with van der Waals surface area (Å²) in [5.41, 5.74) is 1.06. The second-order valence-corrected chi connectivity index (χ2v) is 5.89.